The molecule has 0 aromatic rings. The van der Waals surface area contributed by atoms with Gasteiger partial charge in [-0.2, -0.15) is 0 Å². The summed E-state index contributed by atoms with van der Waals surface area (Å²) in [6, 6.07) is 0. The molecule has 2 heteroatoms. The first kappa shape index (κ1) is 11.0. The molecule has 0 aliphatic heterocycles. The third-order valence-electron chi connectivity index (χ3n) is 2.77. The van der Waals surface area contributed by atoms with Gasteiger partial charge in [0.25, 0.3) is 0 Å². The summed E-state index contributed by atoms with van der Waals surface area (Å²) in [5.74, 6) is 0.253. The fourth-order valence-corrected chi connectivity index (χ4v) is 1.84. The van der Waals surface area contributed by atoms with Crippen LogP contribution >= 0.6 is 0 Å². The van der Waals surface area contributed by atoms with Crippen molar-refractivity contribution in [3.05, 3.63) is 24.3 Å². The minimum atomic E-state index is -0.224. The molecule has 78 valence electrons. The highest BCUT2D eigenvalue weighted by molar-refractivity contribution is 5.66. The van der Waals surface area contributed by atoms with E-state index in [9.17, 15) is 4.79 Å². The molecule has 0 aromatic heterocycles. The Morgan fingerprint density at radius 3 is 2.64 bits per heavy atom. The molecule has 1 aliphatic rings. The Labute approximate surface area is 85.6 Å². The Kier molecular flexibility index (Phi) is 3.50. The van der Waals surface area contributed by atoms with Gasteiger partial charge in [0.15, 0.2) is 0 Å². The van der Waals surface area contributed by atoms with Crippen molar-refractivity contribution >= 4 is 5.97 Å². The largest absolute Gasteiger partial charge is 0.458 e. The lowest BCUT2D eigenvalue weighted by Gasteiger charge is -2.30. The first-order valence-electron chi connectivity index (χ1n) is 5.01. The summed E-state index contributed by atoms with van der Waals surface area (Å²) < 4.78 is 5.20. The summed E-state index contributed by atoms with van der Waals surface area (Å²) in [6.07, 6.45) is 2.79. The average Bonchev–Trinajstić information content (AvgIpc) is 2.07. The van der Waals surface area contributed by atoms with Crippen LogP contribution in [0.15, 0.2) is 24.3 Å². The van der Waals surface area contributed by atoms with Crippen molar-refractivity contribution in [1.82, 2.24) is 0 Å². The quantitative estimate of drug-likeness (QED) is 0.499. The summed E-state index contributed by atoms with van der Waals surface area (Å²) in [5.41, 5.74) is 2.22. The van der Waals surface area contributed by atoms with Crippen molar-refractivity contribution in [3.8, 4) is 0 Å². The number of carbonyl (C=O) groups excluding carboxylic acids is 1. The van der Waals surface area contributed by atoms with E-state index in [4.69, 9.17) is 4.74 Å². The van der Waals surface area contributed by atoms with E-state index in [1.165, 1.54) is 12.5 Å². The van der Waals surface area contributed by atoms with Crippen LogP contribution in [0.5, 0.6) is 0 Å². The Morgan fingerprint density at radius 1 is 1.50 bits per heavy atom. The van der Waals surface area contributed by atoms with E-state index in [1.54, 1.807) is 0 Å². The zero-order chi connectivity index (χ0) is 10.7. The summed E-state index contributed by atoms with van der Waals surface area (Å²) >= 11 is 0. The van der Waals surface area contributed by atoms with Crippen molar-refractivity contribution in [2.24, 2.45) is 5.92 Å². The normalized spacial score (nSPS) is 27.1. The Hall–Kier alpha value is -1.05. The molecule has 1 saturated carbocycles. The van der Waals surface area contributed by atoms with Crippen LogP contribution in [0.25, 0.3) is 0 Å². The van der Waals surface area contributed by atoms with E-state index >= 15 is 0 Å². The molecule has 14 heavy (non-hydrogen) atoms. The van der Waals surface area contributed by atoms with Gasteiger partial charge in [-0.05, 0) is 37.7 Å². The van der Waals surface area contributed by atoms with E-state index in [1.807, 2.05) is 6.92 Å². The number of carbonyl (C=O) groups is 1. The van der Waals surface area contributed by atoms with Crippen molar-refractivity contribution in [3.63, 3.8) is 0 Å². The summed E-state index contributed by atoms with van der Waals surface area (Å²) in [6.45, 7) is 11.4. The zero-order valence-electron chi connectivity index (χ0n) is 9.01. The van der Waals surface area contributed by atoms with Gasteiger partial charge in [0, 0.05) is 6.92 Å². The SMILES string of the molecule is C=C(C)[C@@H]1CCC(=C)[C@H](OC(C)=O)C1. The molecule has 2 atom stereocenters. The molecule has 0 heterocycles. The van der Waals surface area contributed by atoms with E-state index in [2.05, 4.69) is 13.2 Å². The molecular weight excluding hydrogens is 176 g/mol. The van der Waals surface area contributed by atoms with Crippen LogP contribution < -0.4 is 0 Å². The maximum absolute atomic E-state index is 10.8. The molecule has 1 rings (SSSR count). The van der Waals surface area contributed by atoms with Gasteiger partial charge in [0.2, 0.25) is 0 Å². The molecule has 0 unspecified atom stereocenters. The van der Waals surface area contributed by atoms with Gasteiger partial charge in [-0.15, -0.1) is 0 Å². The second-order valence-electron chi connectivity index (χ2n) is 4.07. The maximum atomic E-state index is 10.8. The third-order valence-corrected chi connectivity index (χ3v) is 2.77. The van der Waals surface area contributed by atoms with Crippen molar-refractivity contribution in [2.75, 3.05) is 0 Å². The van der Waals surface area contributed by atoms with Gasteiger partial charge >= 0.3 is 5.97 Å². The molecule has 0 amide bonds. The van der Waals surface area contributed by atoms with Gasteiger partial charge in [-0.3, -0.25) is 4.79 Å². The third kappa shape index (κ3) is 2.72. The van der Waals surface area contributed by atoms with E-state index in [-0.39, 0.29) is 12.1 Å². The molecule has 0 spiro atoms. The Balaban J connectivity index is 2.59. The summed E-state index contributed by atoms with van der Waals surface area (Å²) in [7, 11) is 0. The second kappa shape index (κ2) is 4.45. The average molecular weight is 194 g/mol. The number of hydrogen-bond donors (Lipinski definition) is 0. The number of esters is 1. The highest BCUT2D eigenvalue weighted by Gasteiger charge is 2.26. The van der Waals surface area contributed by atoms with Crippen LogP contribution in [0.3, 0.4) is 0 Å². The molecule has 0 radical (unpaired) electrons. The predicted molar refractivity (Wildman–Crippen MR) is 56.8 cm³/mol. The molecule has 1 aliphatic carbocycles. The predicted octanol–water partition coefficient (Wildman–Crippen LogP) is 2.85. The van der Waals surface area contributed by atoms with Crippen molar-refractivity contribution in [2.45, 2.75) is 39.2 Å². The van der Waals surface area contributed by atoms with Crippen LogP contribution in [0.1, 0.15) is 33.1 Å². The van der Waals surface area contributed by atoms with Crippen LogP contribution in [0.2, 0.25) is 0 Å². The van der Waals surface area contributed by atoms with Crippen LogP contribution in [0.4, 0.5) is 0 Å². The fraction of sp³-hybridized carbons (Fsp3) is 0.583. The number of ether oxygens (including phenoxy) is 1. The first-order chi connectivity index (χ1) is 6.50. The van der Waals surface area contributed by atoms with Crippen LogP contribution in [-0.2, 0) is 9.53 Å². The number of hydrogen-bond acceptors (Lipinski definition) is 2. The first-order valence-corrected chi connectivity index (χ1v) is 5.01. The molecule has 1 fully saturated rings. The topological polar surface area (TPSA) is 26.3 Å². The molecule has 2 nitrogen and oxygen atoms in total. The van der Waals surface area contributed by atoms with Crippen molar-refractivity contribution in [1.29, 1.82) is 0 Å². The minimum Gasteiger partial charge on any atom is -0.458 e. The zero-order valence-corrected chi connectivity index (χ0v) is 9.01. The monoisotopic (exact) mass is 194 g/mol. The smallest absolute Gasteiger partial charge is 0.303 e. The van der Waals surface area contributed by atoms with Crippen LogP contribution in [-0.4, -0.2) is 12.1 Å². The van der Waals surface area contributed by atoms with Gasteiger partial charge in [-0.1, -0.05) is 18.7 Å². The van der Waals surface area contributed by atoms with Gasteiger partial charge in [-0.25, -0.2) is 0 Å². The lowest BCUT2D eigenvalue weighted by Crippen LogP contribution is -2.27. The van der Waals surface area contributed by atoms with E-state index in [0.29, 0.717) is 5.92 Å². The van der Waals surface area contributed by atoms with Gasteiger partial charge in [0.05, 0.1) is 0 Å². The number of allylic oxidation sites excluding steroid dienone is 1. The van der Waals surface area contributed by atoms with E-state index in [0.717, 1.165) is 24.8 Å². The molecule has 0 saturated heterocycles. The van der Waals surface area contributed by atoms with Crippen LogP contribution in [0, 0.1) is 5.92 Å². The molecular formula is C12H18O2. The minimum absolute atomic E-state index is 0.0945. The lowest BCUT2D eigenvalue weighted by molar-refractivity contribution is -0.145. The molecule has 0 N–H and O–H groups in total. The molecule has 0 aromatic carbocycles. The fourth-order valence-electron chi connectivity index (χ4n) is 1.84. The highest BCUT2D eigenvalue weighted by Crippen LogP contribution is 2.33. The number of rotatable bonds is 2. The van der Waals surface area contributed by atoms with Gasteiger partial charge in [0.1, 0.15) is 6.10 Å². The van der Waals surface area contributed by atoms with Gasteiger partial charge < -0.3 is 4.74 Å². The molecule has 0 bridgehead atoms. The second-order valence-corrected chi connectivity index (χ2v) is 4.07. The lowest BCUT2D eigenvalue weighted by atomic mass is 9.81. The summed E-state index contributed by atoms with van der Waals surface area (Å²) in [4.78, 5) is 10.8. The maximum Gasteiger partial charge on any atom is 0.303 e. The Bertz CT molecular complexity index is 265. The van der Waals surface area contributed by atoms with Crippen molar-refractivity contribution < 1.29 is 9.53 Å². The highest BCUT2D eigenvalue weighted by atomic mass is 16.5. The Morgan fingerprint density at radius 2 is 2.14 bits per heavy atom. The standard InChI is InChI=1S/C12H18O2/c1-8(2)11-6-5-9(3)12(7-11)14-10(4)13/h11-12H,1,3,5-7H2,2,4H3/t11-,12-/m1/s1. The summed E-state index contributed by atoms with van der Waals surface area (Å²) in [5, 5.41) is 0. The van der Waals surface area contributed by atoms with E-state index < -0.39 is 0 Å².